The Labute approximate surface area is 171 Å². The Morgan fingerprint density at radius 3 is 2.31 bits per heavy atom. The van der Waals surface area contributed by atoms with Gasteiger partial charge in [-0.15, -0.1) is 0 Å². The number of nitro groups is 1. The summed E-state index contributed by atoms with van der Waals surface area (Å²) in [6.45, 7) is 1.42. The van der Waals surface area contributed by atoms with Crippen LogP contribution in [0.3, 0.4) is 0 Å². The smallest absolute Gasteiger partial charge is 0.308 e. The van der Waals surface area contributed by atoms with Gasteiger partial charge in [0, 0.05) is 35.0 Å². The Kier molecular flexibility index (Phi) is 7.67. The number of hydrogen-bond donors (Lipinski definition) is 2. The number of non-ortho nitro benzene ring substituents is 1. The van der Waals surface area contributed by atoms with Gasteiger partial charge in [0.2, 0.25) is 0 Å². The highest BCUT2D eigenvalue weighted by Crippen LogP contribution is 2.14. The van der Waals surface area contributed by atoms with Crippen LogP contribution in [0.15, 0.2) is 48.5 Å². The molecule has 0 aromatic heterocycles. The molecule has 2 rings (SSSR count). The summed E-state index contributed by atoms with van der Waals surface area (Å²) in [5.41, 5.74) is 0.605. The molecule has 2 N–H and O–H groups in total. The molecule has 9 nitrogen and oxygen atoms in total. The van der Waals surface area contributed by atoms with Crippen LogP contribution in [0.4, 0.5) is 11.4 Å². The van der Waals surface area contributed by atoms with Crippen molar-refractivity contribution in [2.45, 2.75) is 19.4 Å². The summed E-state index contributed by atoms with van der Waals surface area (Å²) >= 11 is 5.77. The SMILES string of the molecule is C[C@@H](OC(=O)CCNC(=O)c1ccc([N+](=O)[O-])cc1)C(=O)Nc1ccc(Cl)cc1. The topological polar surface area (TPSA) is 128 Å². The molecule has 2 aromatic carbocycles. The number of hydrogen-bond acceptors (Lipinski definition) is 6. The summed E-state index contributed by atoms with van der Waals surface area (Å²) in [6.07, 6.45) is -1.17. The van der Waals surface area contributed by atoms with E-state index < -0.39 is 28.8 Å². The molecule has 0 heterocycles. The maximum Gasteiger partial charge on any atom is 0.308 e. The second-order valence-electron chi connectivity index (χ2n) is 5.94. The van der Waals surface area contributed by atoms with Gasteiger partial charge in [0.1, 0.15) is 0 Å². The first-order valence-electron chi connectivity index (χ1n) is 8.55. The number of benzene rings is 2. The van der Waals surface area contributed by atoms with Gasteiger partial charge in [0.25, 0.3) is 17.5 Å². The lowest BCUT2D eigenvalue weighted by atomic mass is 10.2. The number of amides is 2. The van der Waals surface area contributed by atoms with Gasteiger partial charge in [0.15, 0.2) is 6.10 Å². The average Bonchev–Trinajstić information content (AvgIpc) is 2.69. The minimum Gasteiger partial charge on any atom is -0.452 e. The molecular formula is C19H18ClN3O6. The normalized spacial score (nSPS) is 11.2. The molecular weight excluding hydrogens is 402 g/mol. The van der Waals surface area contributed by atoms with E-state index in [9.17, 15) is 24.5 Å². The van der Waals surface area contributed by atoms with Crippen molar-refractivity contribution in [3.8, 4) is 0 Å². The molecule has 0 aliphatic carbocycles. The first-order chi connectivity index (χ1) is 13.8. The van der Waals surface area contributed by atoms with Gasteiger partial charge < -0.3 is 15.4 Å². The third kappa shape index (κ3) is 6.89. The van der Waals surface area contributed by atoms with E-state index in [1.807, 2.05) is 0 Å². The zero-order valence-corrected chi connectivity index (χ0v) is 16.1. The lowest BCUT2D eigenvalue weighted by Gasteiger charge is -2.13. The van der Waals surface area contributed by atoms with Gasteiger partial charge >= 0.3 is 5.97 Å². The molecule has 2 amide bonds. The molecule has 10 heteroatoms. The Morgan fingerprint density at radius 1 is 1.10 bits per heavy atom. The zero-order valence-electron chi connectivity index (χ0n) is 15.4. The molecule has 0 aliphatic heterocycles. The van der Waals surface area contributed by atoms with E-state index in [1.165, 1.54) is 31.2 Å². The van der Waals surface area contributed by atoms with Gasteiger partial charge in [-0.2, -0.15) is 0 Å². The van der Waals surface area contributed by atoms with Gasteiger partial charge in [-0.3, -0.25) is 24.5 Å². The molecule has 0 saturated heterocycles. The summed E-state index contributed by atoms with van der Waals surface area (Å²) in [5, 5.41) is 16.2. The summed E-state index contributed by atoms with van der Waals surface area (Å²) in [6, 6.07) is 11.5. The number of nitrogens with one attached hydrogen (secondary N) is 2. The van der Waals surface area contributed by atoms with Crippen LogP contribution in [0, 0.1) is 10.1 Å². The standard InChI is InChI=1S/C19H18ClN3O6/c1-12(18(25)22-15-6-4-14(20)5-7-15)29-17(24)10-11-21-19(26)13-2-8-16(9-3-13)23(27)28/h2-9,12H,10-11H2,1H3,(H,21,26)(H,22,25)/t12-/m1/s1. The molecule has 0 fully saturated rings. The molecule has 2 aromatic rings. The van der Waals surface area contributed by atoms with Crippen molar-refractivity contribution in [3.05, 3.63) is 69.2 Å². The maximum atomic E-state index is 12.0. The molecule has 0 bridgehead atoms. The molecule has 0 spiro atoms. The van der Waals surface area contributed by atoms with Crippen LogP contribution >= 0.6 is 11.6 Å². The monoisotopic (exact) mass is 419 g/mol. The number of halogens is 1. The van der Waals surface area contributed by atoms with E-state index in [4.69, 9.17) is 16.3 Å². The number of nitro benzene ring substituents is 1. The van der Waals surface area contributed by atoms with Gasteiger partial charge in [-0.05, 0) is 43.3 Å². The van der Waals surface area contributed by atoms with Crippen molar-refractivity contribution in [3.63, 3.8) is 0 Å². The number of carbonyl (C=O) groups excluding carboxylic acids is 3. The minimum absolute atomic E-state index is 0.0137. The number of nitrogens with zero attached hydrogens (tertiary/aromatic N) is 1. The van der Waals surface area contributed by atoms with Crippen LogP contribution in [0.5, 0.6) is 0 Å². The third-order valence-corrected chi connectivity index (χ3v) is 4.00. The predicted molar refractivity (Wildman–Crippen MR) is 106 cm³/mol. The van der Waals surface area contributed by atoms with Crippen LogP contribution in [-0.2, 0) is 14.3 Å². The fourth-order valence-electron chi connectivity index (χ4n) is 2.20. The fraction of sp³-hybridized carbons (Fsp3) is 0.211. The first-order valence-corrected chi connectivity index (χ1v) is 8.92. The summed E-state index contributed by atoms with van der Waals surface area (Å²) in [5.74, 6) is -1.65. The number of carbonyl (C=O) groups is 3. The molecule has 1 atom stereocenters. The summed E-state index contributed by atoms with van der Waals surface area (Å²) in [4.78, 5) is 45.9. The van der Waals surface area contributed by atoms with E-state index >= 15 is 0 Å². The van der Waals surface area contributed by atoms with Crippen molar-refractivity contribution < 1.29 is 24.0 Å². The average molecular weight is 420 g/mol. The number of esters is 1. The van der Waals surface area contributed by atoms with E-state index in [1.54, 1.807) is 24.3 Å². The molecule has 152 valence electrons. The molecule has 29 heavy (non-hydrogen) atoms. The lowest BCUT2D eigenvalue weighted by molar-refractivity contribution is -0.384. The zero-order chi connectivity index (χ0) is 21.4. The Bertz CT molecular complexity index is 899. The van der Waals surface area contributed by atoms with Crippen LogP contribution in [0.2, 0.25) is 5.02 Å². The highest BCUT2D eigenvalue weighted by atomic mass is 35.5. The predicted octanol–water partition coefficient (Wildman–Crippen LogP) is 2.94. The maximum absolute atomic E-state index is 12.0. The molecule has 0 radical (unpaired) electrons. The quantitative estimate of drug-likeness (QED) is 0.384. The molecule has 0 aliphatic rings. The second kappa shape index (κ2) is 10.2. The van der Waals surface area contributed by atoms with Crippen molar-refractivity contribution in [2.24, 2.45) is 0 Å². The number of ether oxygens (including phenoxy) is 1. The molecule has 0 unspecified atom stereocenters. The second-order valence-corrected chi connectivity index (χ2v) is 6.37. The molecule has 0 saturated carbocycles. The van der Waals surface area contributed by atoms with E-state index in [0.29, 0.717) is 10.7 Å². The minimum atomic E-state index is -1.02. The fourth-order valence-corrected chi connectivity index (χ4v) is 2.33. The van der Waals surface area contributed by atoms with Crippen molar-refractivity contribution in [2.75, 3.05) is 11.9 Å². The lowest BCUT2D eigenvalue weighted by Crippen LogP contribution is -2.32. The first kappa shape index (κ1) is 21.8. The van der Waals surface area contributed by atoms with Gasteiger partial charge in [-0.1, -0.05) is 11.6 Å². The Balaban J connectivity index is 1.74. The summed E-state index contributed by atoms with van der Waals surface area (Å²) < 4.78 is 5.03. The van der Waals surface area contributed by atoms with Crippen molar-refractivity contribution in [1.29, 1.82) is 0 Å². The van der Waals surface area contributed by atoms with Crippen molar-refractivity contribution in [1.82, 2.24) is 5.32 Å². The van der Waals surface area contributed by atoms with Crippen LogP contribution in [-0.4, -0.2) is 35.4 Å². The number of rotatable bonds is 8. The van der Waals surface area contributed by atoms with Gasteiger partial charge in [0.05, 0.1) is 11.3 Å². The van der Waals surface area contributed by atoms with Crippen LogP contribution in [0.1, 0.15) is 23.7 Å². The van der Waals surface area contributed by atoms with Crippen LogP contribution in [0.25, 0.3) is 0 Å². The highest BCUT2D eigenvalue weighted by molar-refractivity contribution is 6.30. The Morgan fingerprint density at radius 2 is 1.72 bits per heavy atom. The van der Waals surface area contributed by atoms with E-state index in [2.05, 4.69) is 10.6 Å². The largest absolute Gasteiger partial charge is 0.452 e. The van der Waals surface area contributed by atoms with E-state index in [0.717, 1.165) is 0 Å². The third-order valence-electron chi connectivity index (χ3n) is 3.74. The van der Waals surface area contributed by atoms with E-state index in [-0.39, 0.29) is 24.2 Å². The van der Waals surface area contributed by atoms with Gasteiger partial charge in [-0.25, -0.2) is 0 Å². The Hall–Kier alpha value is -3.46. The van der Waals surface area contributed by atoms with Crippen LogP contribution < -0.4 is 10.6 Å². The highest BCUT2D eigenvalue weighted by Gasteiger charge is 2.18. The number of anilines is 1. The summed E-state index contributed by atoms with van der Waals surface area (Å²) in [7, 11) is 0. The van der Waals surface area contributed by atoms with Crippen molar-refractivity contribution >= 4 is 40.8 Å².